The van der Waals surface area contributed by atoms with Crippen LogP contribution in [0.15, 0.2) is 29.1 Å². The standard InChI is InChI=1S/C15H15F3N2O/c16-13-8-19-6-3-11(13)7-12-9-21-14(20-12)10-1-4-15(17,18)5-2-10/h3,6,8-10H,1-2,4-5,7H2. The first-order valence-electron chi connectivity index (χ1n) is 6.94. The van der Waals surface area contributed by atoms with Crippen LogP contribution >= 0.6 is 0 Å². The predicted molar refractivity (Wildman–Crippen MR) is 69.7 cm³/mol. The second-order valence-corrected chi connectivity index (χ2v) is 5.45. The van der Waals surface area contributed by atoms with E-state index in [9.17, 15) is 13.2 Å². The van der Waals surface area contributed by atoms with Crippen LogP contribution in [-0.4, -0.2) is 15.9 Å². The number of oxazole rings is 1. The van der Waals surface area contributed by atoms with Gasteiger partial charge in [-0.15, -0.1) is 0 Å². The van der Waals surface area contributed by atoms with E-state index in [0.29, 0.717) is 36.4 Å². The maximum absolute atomic E-state index is 13.5. The fourth-order valence-corrected chi connectivity index (χ4v) is 2.62. The van der Waals surface area contributed by atoms with Crippen LogP contribution in [-0.2, 0) is 6.42 Å². The number of hydrogen-bond acceptors (Lipinski definition) is 3. The Balaban J connectivity index is 1.68. The lowest BCUT2D eigenvalue weighted by atomic mass is 9.87. The van der Waals surface area contributed by atoms with Gasteiger partial charge in [0.15, 0.2) is 5.89 Å². The summed E-state index contributed by atoms with van der Waals surface area (Å²) >= 11 is 0. The SMILES string of the molecule is Fc1cnccc1Cc1coc(C2CCC(F)(F)CC2)n1. The molecule has 0 N–H and O–H groups in total. The van der Waals surface area contributed by atoms with E-state index in [1.165, 1.54) is 12.5 Å². The van der Waals surface area contributed by atoms with Gasteiger partial charge in [-0.25, -0.2) is 18.2 Å². The Labute approximate surface area is 120 Å². The zero-order valence-corrected chi connectivity index (χ0v) is 11.4. The Morgan fingerprint density at radius 1 is 1.29 bits per heavy atom. The van der Waals surface area contributed by atoms with Crippen molar-refractivity contribution in [3.8, 4) is 0 Å². The lowest BCUT2D eigenvalue weighted by molar-refractivity contribution is -0.0398. The molecule has 0 saturated heterocycles. The normalized spacial score (nSPS) is 18.8. The highest BCUT2D eigenvalue weighted by Crippen LogP contribution is 2.40. The van der Waals surface area contributed by atoms with E-state index in [4.69, 9.17) is 4.42 Å². The van der Waals surface area contributed by atoms with E-state index in [0.717, 1.165) is 6.20 Å². The molecular formula is C15H15F3N2O. The van der Waals surface area contributed by atoms with Gasteiger partial charge in [0.2, 0.25) is 5.92 Å². The van der Waals surface area contributed by atoms with Crippen LogP contribution in [0.4, 0.5) is 13.2 Å². The molecule has 0 aromatic carbocycles. The Morgan fingerprint density at radius 3 is 2.76 bits per heavy atom. The van der Waals surface area contributed by atoms with Crippen LogP contribution in [0.25, 0.3) is 0 Å². The molecule has 3 rings (SSSR count). The number of rotatable bonds is 3. The molecule has 0 radical (unpaired) electrons. The molecule has 6 heteroatoms. The van der Waals surface area contributed by atoms with Crippen molar-refractivity contribution in [2.24, 2.45) is 0 Å². The highest BCUT2D eigenvalue weighted by molar-refractivity contribution is 5.19. The van der Waals surface area contributed by atoms with Gasteiger partial charge in [-0.1, -0.05) is 0 Å². The van der Waals surface area contributed by atoms with Crippen molar-refractivity contribution in [3.05, 3.63) is 47.7 Å². The van der Waals surface area contributed by atoms with Gasteiger partial charge in [0.25, 0.3) is 0 Å². The third-order valence-electron chi connectivity index (χ3n) is 3.86. The van der Waals surface area contributed by atoms with Crippen LogP contribution in [0.2, 0.25) is 0 Å². The molecule has 0 aliphatic heterocycles. The summed E-state index contributed by atoms with van der Waals surface area (Å²) in [7, 11) is 0. The number of pyridine rings is 1. The third kappa shape index (κ3) is 3.25. The lowest BCUT2D eigenvalue weighted by Crippen LogP contribution is -2.23. The van der Waals surface area contributed by atoms with Crippen molar-refractivity contribution in [1.29, 1.82) is 0 Å². The van der Waals surface area contributed by atoms with E-state index >= 15 is 0 Å². The Kier molecular flexibility index (Phi) is 3.69. The van der Waals surface area contributed by atoms with Crippen molar-refractivity contribution < 1.29 is 17.6 Å². The van der Waals surface area contributed by atoms with E-state index in [1.54, 1.807) is 6.07 Å². The zero-order chi connectivity index (χ0) is 14.9. The van der Waals surface area contributed by atoms with Crippen LogP contribution in [0, 0.1) is 5.82 Å². The summed E-state index contributed by atoms with van der Waals surface area (Å²) in [6.45, 7) is 0. The van der Waals surface area contributed by atoms with E-state index < -0.39 is 5.92 Å². The van der Waals surface area contributed by atoms with Gasteiger partial charge >= 0.3 is 0 Å². The molecule has 1 saturated carbocycles. The first-order valence-corrected chi connectivity index (χ1v) is 6.94. The summed E-state index contributed by atoms with van der Waals surface area (Å²) in [4.78, 5) is 8.01. The quantitative estimate of drug-likeness (QED) is 0.856. The molecule has 0 bridgehead atoms. The van der Waals surface area contributed by atoms with Crippen LogP contribution in [0.1, 0.15) is 48.7 Å². The van der Waals surface area contributed by atoms with Crippen molar-refractivity contribution in [3.63, 3.8) is 0 Å². The molecule has 0 atom stereocenters. The Hall–Kier alpha value is -1.85. The maximum Gasteiger partial charge on any atom is 0.248 e. The minimum Gasteiger partial charge on any atom is -0.448 e. The van der Waals surface area contributed by atoms with Gasteiger partial charge in [-0.2, -0.15) is 0 Å². The second-order valence-electron chi connectivity index (χ2n) is 5.45. The summed E-state index contributed by atoms with van der Waals surface area (Å²) < 4.78 is 45.2. The summed E-state index contributed by atoms with van der Waals surface area (Å²) in [6, 6.07) is 1.59. The van der Waals surface area contributed by atoms with Gasteiger partial charge in [-0.3, -0.25) is 4.98 Å². The van der Waals surface area contributed by atoms with Crippen LogP contribution in [0.3, 0.4) is 0 Å². The van der Waals surface area contributed by atoms with Crippen molar-refractivity contribution in [2.75, 3.05) is 0 Å². The first-order chi connectivity index (χ1) is 10.0. The van der Waals surface area contributed by atoms with Crippen molar-refractivity contribution >= 4 is 0 Å². The molecule has 2 aromatic rings. The third-order valence-corrected chi connectivity index (χ3v) is 3.86. The molecule has 1 fully saturated rings. The van der Waals surface area contributed by atoms with Gasteiger partial charge in [0.1, 0.15) is 12.1 Å². The van der Waals surface area contributed by atoms with Gasteiger partial charge in [-0.05, 0) is 24.5 Å². The highest BCUT2D eigenvalue weighted by atomic mass is 19.3. The minimum atomic E-state index is -2.56. The average Bonchev–Trinajstić information content (AvgIpc) is 2.90. The largest absolute Gasteiger partial charge is 0.448 e. The number of nitrogens with zero attached hydrogens (tertiary/aromatic N) is 2. The lowest BCUT2D eigenvalue weighted by Gasteiger charge is -2.26. The number of alkyl halides is 2. The fraction of sp³-hybridized carbons (Fsp3) is 0.467. The molecule has 3 nitrogen and oxygen atoms in total. The smallest absolute Gasteiger partial charge is 0.248 e. The minimum absolute atomic E-state index is 0.0688. The summed E-state index contributed by atoms with van der Waals surface area (Å²) in [6.07, 6.45) is 4.93. The number of aromatic nitrogens is 2. The molecule has 2 heterocycles. The molecule has 0 spiro atoms. The zero-order valence-electron chi connectivity index (χ0n) is 11.4. The molecule has 21 heavy (non-hydrogen) atoms. The van der Waals surface area contributed by atoms with E-state index in [1.807, 2.05) is 0 Å². The molecule has 1 aliphatic carbocycles. The van der Waals surface area contributed by atoms with Gasteiger partial charge in [0.05, 0.1) is 11.9 Å². The molecule has 0 unspecified atom stereocenters. The van der Waals surface area contributed by atoms with Crippen LogP contribution in [0.5, 0.6) is 0 Å². The topological polar surface area (TPSA) is 38.9 Å². The summed E-state index contributed by atoms with van der Waals surface area (Å²) in [5.74, 6) is -2.54. The highest BCUT2D eigenvalue weighted by Gasteiger charge is 2.36. The summed E-state index contributed by atoms with van der Waals surface area (Å²) in [5.41, 5.74) is 1.09. The molecular weight excluding hydrogens is 281 g/mol. The Morgan fingerprint density at radius 2 is 2.05 bits per heavy atom. The maximum atomic E-state index is 13.5. The second kappa shape index (κ2) is 5.50. The van der Waals surface area contributed by atoms with Crippen molar-refractivity contribution in [1.82, 2.24) is 9.97 Å². The fourth-order valence-electron chi connectivity index (χ4n) is 2.62. The molecule has 1 aliphatic rings. The average molecular weight is 296 g/mol. The predicted octanol–water partition coefficient (Wildman–Crippen LogP) is 4.09. The summed E-state index contributed by atoms with van der Waals surface area (Å²) in [5, 5.41) is 0. The van der Waals surface area contributed by atoms with E-state index in [2.05, 4.69) is 9.97 Å². The Bertz CT molecular complexity index is 617. The molecule has 112 valence electrons. The van der Waals surface area contributed by atoms with Crippen molar-refractivity contribution in [2.45, 2.75) is 43.9 Å². The molecule has 2 aromatic heterocycles. The monoisotopic (exact) mass is 296 g/mol. The van der Waals surface area contributed by atoms with Gasteiger partial charge < -0.3 is 4.42 Å². The van der Waals surface area contributed by atoms with E-state index in [-0.39, 0.29) is 24.6 Å². The van der Waals surface area contributed by atoms with Gasteiger partial charge in [0, 0.05) is 31.4 Å². The number of hydrogen-bond donors (Lipinski definition) is 0. The number of halogens is 3. The first kappa shape index (κ1) is 14.1. The molecule has 0 amide bonds. The van der Waals surface area contributed by atoms with Crippen LogP contribution < -0.4 is 0 Å².